The van der Waals surface area contributed by atoms with E-state index >= 15 is 0 Å². The van der Waals surface area contributed by atoms with E-state index in [9.17, 15) is 4.79 Å². The minimum Gasteiger partial charge on any atom is -0.320 e. The van der Waals surface area contributed by atoms with Crippen LogP contribution < -0.4 is 5.32 Å². The van der Waals surface area contributed by atoms with E-state index in [1.807, 2.05) is 74.5 Å². The van der Waals surface area contributed by atoms with Crippen molar-refractivity contribution in [2.45, 2.75) is 13.8 Å². The highest BCUT2D eigenvalue weighted by Gasteiger charge is 2.18. The summed E-state index contributed by atoms with van der Waals surface area (Å²) in [4.78, 5) is 13.0. The minimum atomic E-state index is -0.262. The molecule has 0 saturated carbocycles. The monoisotopic (exact) mass is 375 g/mol. The highest BCUT2D eigenvalue weighted by atomic mass is 35.5. The van der Waals surface area contributed by atoms with Crippen LogP contribution >= 0.6 is 11.6 Å². The molecule has 27 heavy (non-hydrogen) atoms. The molecule has 0 atom stereocenters. The molecule has 1 amide bonds. The summed E-state index contributed by atoms with van der Waals surface area (Å²) in [5, 5.41) is 8.96. The SMILES string of the molecule is Cc1ccc(-n2nc(C(=O)Nc3cccc(Cl)c3C)c3ccccc32)cc1. The first-order valence-corrected chi connectivity index (χ1v) is 9.03. The standard InChI is InChI=1S/C22H18ClN3O/c1-14-10-12-16(13-11-14)26-20-9-4-3-6-17(20)21(25-26)22(27)24-19-8-5-7-18(23)15(19)2/h3-13H,1-2H3,(H,24,27). The molecular formula is C22H18ClN3O. The average molecular weight is 376 g/mol. The number of anilines is 1. The van der Waals surface area contributed by atoms with Gasteiger partial charge in [0, 0.05) is 16.1 Å². The lowest BCUT2D eigenvalue weighted by Crippen LogP contribution is -2.14. The molecule has 1 heterocycles. The molecule has 0 aliphatic heterocycles. The van der Waals surface area contributed by atoms with Crippen LogP contribution in [0.3, 0.4) is 0 Å². The number of carbonyl (C=O) groups is 1. The molecule has 4 aromatic rings. The van der Waals surface area contributed by atoms with E-state index in [1.165, 1.54) is 5.56 Å². The number of amides is 1. The van der Waals surface area contributed by atoms with Gasteiger partial charge in [-0.15, -0.1) is 0 Å². The maximum Gasteiger partial charge on any atom is 0.276 e. The van der Waals surface area contributed by atoms with Crippen LogP contribution in [-0.2, 0) is 0 Å². The fourth-order valence-electron chi connectivity index (χ4n) is 3.04. The maximum absolute atomic E-state index is 13.0. The molecule has 0 radical (unpaired) electrons. The third-order valence-corrected chi connectivity index (χ3v) is 5.01. The Bertz CT molecular complexity index is 1150. The predicted octanol–water partition coefficient (Wildman–Crippen LogP) is 5.55. The summed E-state index contributed by atoms with van der Waals surface area (Å²) in [7, 11) is 0. The molecule has 4 rings (SSSR count). The third kappa shape index (κ3) is 3.20. The van der Waals surface area contributed by atoms with E-state index in [-0.39, 0.29) is 5.91 Å². The first-order chi connectivity index (χ1) is 13.0. The number of para-hydroxylation sites is 1. The first-order valence-electron chi connectivity index (χ1n) is 8.66. The van der Waals surface area contributed by atoms with Gasteiger partial charge in [-0.3, -0.25) is 4.79 Å². The number of fused-ring (bicyclic) bond motifs is 1. The second-order valence-electron chi connectivity index (χ2n) is 6.48. The van der Waals surface area contributed by atoms with Gasteiger partial charge in [0.15, 0.2) is 5.69 Å². The smallest absolute Gasteiger partial charge is 0.276 e. The molecule has 1 N–H and O–H groups in total. The highest BCUT2D eigenvalue weighted by molar-refractivity contribution is 6.31. The Morgan fingerprint density at radius 2 is 1.70 bits per heavy atom. The van der Waals surface area contributed by atoms with E-state index in [0.717, 1.165) is 22.2 Å². The number of hydrogen-bond acceptors (Lipinski definition) is 2. The van der Waals surface area contributed by atoms with Crippen molar-refractivity contribution in [2.24, 2.45) is 0 Å². The van der Waals surface area contributed by atoms with Crippen LogP contribution in [0.4, 0.5) is 5.69 Å². The molecule has 0 spiro atoms. The first kappa shape index (κ1) is 17.3. The van der Waals surface area contributed by atoms with Crippen LogP contribution in [0.2, 0.25) is 5.02 Å². The van der Waals surface area contributed by atoms with Crippen LogP contribution in [-0.4, -0.2) is 15.7 Å². The number of nitrogens with one attached hydrogen (secondary N) is 1. The topological polar surface area (TPSA) is 46.9 Å². The molecule has 0 aliphatic rings. The number of carbonyl (C=O) groups excluding carboxylic acids is 1. The molecule has 5 heteroatoms. The van der Waals surface area contributed by atoms with Gasteiger partial charge in [-0.05, 0) is 49.7 Å². The van der Waals surface area contributed by atoms with Gasteiger partial charge < -0.3 is 5.32 Å². The van der Waals surface area contributed by atoms with Crippen LogP contribution in [0.5, 0.6) is 0 Å². The Morgan fingerprint density at radius 3 is 2.48 bits per heavy atom. The lowest BCUT2D eigenvalue weighted by molar-refractivity contribution is 0.102. The van der Waals surface area contributed by atoms with Crippen molar-refractivity contribution in [2.75, 3.05) is 5.32 Å². The lowest BCUT2D eigenvalue weighted by atomic mass is 10.1. The number of nitrogens with zero attached hydrogens (tertiary/aromatic N) is 2. The van der Waals surface area contributed by atoms with E-state index in [2.05, 4.69) is 10.4 Å². The summed E-state index contributed by atoms with van der Waals surface area (Å²) in [6, 6.07) is 21.2. The summed E-state index contributed by atoms with van der Waals surface area (Å²) in [6.07, 6.45) is 0. The van der Waals surface area contributed by atoms with Gasteiger partial charge >= 0.3 is 0 Å². The zero-order valence-electron chi connectivity index (χ0n) is 15.0. The number of aryl methyl sites for hydroxylation is 1. The molecule has 0 fully saturated rings. The Balaban J connectivity index is 1.79. The average Bonchev–Trinajstić information content (AvgIpc) is 3.06. The molecule has 4 nitrogen and oxygen atoms in total. The largest absolute Gasteiger partial charge is 0.320 e. The number of aromatic nitrogens is 2. The number of hydrogen-bond donors (Lipinski definition) is 1. The quantitative estimate of drug-likeness (QED) is 0.510. The fraction of sp³-hybridized carbons (Fsp3) is 0.0909. The van der Waals surface area contributed by atoms with Crippen molar-refractivity contribution < 1.29 is 4.79 Å². The second-order valence-corrected chi connectivity index (χ2v) is 6.89. The van der Waals surface area contributed by atoms with E-state index < -0.39 is 0 Å². The zero-order chi connectivity index (χ0) is 19.0. The van der Waals surface area contributed by atoms with Crippen LogP contribution in [0.1, 0.15) is 21.6 Å². The Morgan fingerprint density at radius 1 is 0.963 bits per heavy atom. The number of rotatable bonds is 3. The van der Waals surface area contributed by atoms with Crippen LogP contribution in [0.15, 0.2) is 66.7 Å². The second kappa shape index (κ2) is 6.89. The lowest BCUT2D eigenvalue weighted by Gasteiger charge is -2.08. The van der Waals surface area contributed by atoms with Gasteiger partial charge in [0.1, 0.15) is 0 Å². The Hall–Kier alpha value is -3.11. The van der Waals surface area contributed by atoms with E-state index in [0.29, 0.717) is 16.4 Å². The molecule has 3 aromatic carbocycles. The number of benzene rings is 3. The van der Waals surface area contributed by atoms with Gasteiger partial charge in [0.05, 0.1) is 11.2 Å². The summed E-state index contributed by atoms with van der Waals surface area (Å²) in [5.41, 5.74) is 4.86. The van der Waals surface area contributed by atoms with E-state index in [1.54, 1.807) is 10.7 Å². The van der Waals surface area contributed by atoms with Gasteiger partial charge in [0.25, 0.3) is 5.91 Å². The summed E-state index contributed by atoms with van der Waals surface area (Å²) in [5.74, 6) is -0.262. The molecule has 0 saturated heterocycles. The molecule has 0 bridgehead atoms. The van der Waals surface area contributed by atoms with Gasteiger partial charge in [-0.2, -0.15) is 5.10 Å². The molecular weight excluding hydrogens is 358 g/mol. The van der Waals surface area contributed by atoms with E-state index in [4.69, 9.17) is 11.6 Å². The molecule has 1 aromatic heterocycles. The molecule has 0 unspecified atom stereocenters. The minimum absolute atomic E-state index is 0.262. The van der Waals surface area contributed by atoms with Crippen molar-refractivity contribution in [3.8, 4) is 5.69 Å². The van der Waals surface area contributed by atoms with Gasteiger partial charge in [-0.25, -0.2) is 4.68 Å². The summed E-state index contributed by atoms with van der Waals surface area (Å²) < 4.78 is 1.80. The van der Waals surface area contributed by atoms with Crippen molar-refractivity contribution in [3.05, 3.63) is 88.6 Å². The fourth-order valence-corrected chi connectivity index (χ4v) is 3.22. The summed E-state index contributed by atoms with van der Waals surface area (Å²) in [6.45, 7) is 3.91. The Labute approximate surface area is 162 Å². The van der Waals surface area contributed by atoms with Gasteiger partial charge in [-0.1, -0.05) is 53.6 Å². The van der Waals surface area contributed by atoms with Crippen molar-refractivity contribution in [1.29, 1.82) is 0 Å². The van der Waals surface area contributed by atoms with Crippen molar-refractivity contribution >= 4 is 34.1 Å². The zero-order valence-corrected chi connectivity index (χ0v) is 15.8. The Kier molecular flexibility index (Phi) is 4.42. The molecule has 134 valence electrons. The number of halogens is 1. The van der Waals surface area contributed by atoms with Gasteiger partial charge in [0.2, 0.25) is 0 Å². The normalized spacial score (nSPS) is 10.9. The predicted molar refractivity (Wildman–Crippen MR) is 110 cm³/mol. The third-order valence-electron chi connectivity index (χ3n) is 4.60. The summed E-state index contributed by atoms with van der Waals surface area (Å²) >= 11 is 6.16. The highest BCUT2D eigenvalue weighted by Crippen LogP contribution is 2.26. The molecule has 0 aliphatic carbocycles. The van der Waals surface area contributed by atoms with Crippen molar-refractivity contribution in [3.63, 3.8) is 0 Å². The van der Waals surface area contributed by atoms with Crippen LogP contribution in [0, 0.1) is 13.8 Å². The maximum atomic E-state index is 13.0. The van der Waals surface area contributed by atoms with Crippen LogP contribution in [0.25, 0.3) is 16.6 Å². The van der Waals surface area contributed by atoms with Crippen molar-refractivity contribution in [1.82, 2.24) is 9.78 Å².